The minimum absolute atomic E-state index is 0.113. The van der Waals surface area contributed by atoms with Gasteiger partial charge in [0.15, 0.2) is 0 Å². The predicted octanol–water partition coefficient (Wildman–Crippen LogP) is 7.93. The van der Waals surface area contributed by atoms with Gasteiger partial charge < -0.3 is 4.74 Å². The number of rotatable bonds is 12. The molecular formula is C27H36O2. The number of esters is 1. The topological polar surface area (TPSA) is 26.3 Å². The van der Waals surface area contributed by atoms with Gasteiger partial charge in [-0.25, -0.2) is 0 Å². The van der Waals surface area contributed by atoms with Gasteiger partial charge in [0.25, 0.3) is 0 Å². The van der Waals surface area contributed by atoms with Crippen LogP contribution in [0.25, 0.3) is 16.8 Å². The van der Waals surface area contributed by atoms with Crippen LogP contribution in [0.3, 0.4) is 0 Å². The molecule has 29 heavy (non-hydrogen) atoms. The third kappa shape index (κ3) is 5.72. The molecule has 1 atom stereocenters. The van der Waals surface area contributed by atoms with Crippen molar-refractivity contribution in [2.75, 3.05) is 0 Å². The summed E-state index contributed by atoms with van der Waals surface area (Å²) >= 11 is 0. The summed E-state index contributed by atoms with van der Waals surface area (Å²) in [7, 11) is 0. The highest BCUT2D eigenvalue weighted by molar-refractivity contribution is 5.97. The molecule has 2 nitrogen and oxygen atoms in total. The first-order valence-corrected chi connectivity index (χ1v) is 11.7. The largest absolute Gasteiger partial charge is 0.453 e. The van der Waals surface area contributed by atoms with E-state index in [2.05, 4.69) is 49.4 Å². The smallest absolute Gasteiger partial charge is 0.306 e. The molecule has 0 N–H and O–H groups in total. The van der Waals surface area contributed by atoms with Crippen LogP contribution >= 0.6 is 0 Å². The van der Waals surface area contributed by atoms with E-state index in [1.807, 2.05) is 6.92 Å². The first-order chi connectivity index (χ1) is 14.2. The minimum Gasteiger partial charge on any atom is -0.453 e. The molecule has 1 unspecified atom stereocenters. The lowest BCUT2D eigenvalue weighted by Crippen LogP contribution is -2.12. The Kier molecular flexibility index (Phi) is 8.34. The number of carbonyl (C=O) groups is 1. The molecule has 0 amide bonds. The van der Waals surface area contributed by atoms with E-state index < -0.39 is 0 Å². The van der Waals surface area contributed by atoms with Crippen molar-refractivity contribution < 1.29 is 9.53 Å². The number of aryl methyl sites for hydroxylation is 1. The molecular weight excluding hydrogens is 356 g/mol. The Bertz CT molecular complexity index is 834. The second kappa shape index (κ2) is 11.2. The van der Waals surface area contributed by atoms with Crippen molar-refractivity contribution in [3.8, 4) is 0 Å². The van der Waals surface area contributed by atoms with Crippen LogP contribution in [0.1, 0.15) is 101 Å². The van der Waals surface area contributed by atoms with Crippen LogP contribution in [-0.2, 0) is 16.0 Å². The van der Waals surface area contributed by atoms with Crippen molar-refractivity contribution in [1.29, 1.82) is 0 Å². The van der Waals surface area contributed by atoms with Gasteiger partial charge in [0.1, 0.15) is 6.10 Å². The van der Waals surface area contributed by atoms with Gasteiger partial charge in [-0.15, -0.1) is 0 Å². The third-order valence-corrected chi connectivity index (χ3v) is 5.96. The molecule has 156 valence electrons. The molecule has 2 aromatic rings. The van der Waals surface area contributed by atoms with Crippen molar-refractivity contribution in [3.63, 3.8) is 0 Å². The monoisotopic (exact) mass is 392 g/mol. The van der Waals surface area contributed by atoms with E-state index in [4.69, 9.17) is 4.74 Å². The summed E-state index contributed by atoms with van der Waals surface area (Å²) in [5.41, 5.74) is 3.87. The molecule has 0 bridgehead atoms. The molecule has 0 spiro atoms. The Balaban J connectivity index is 1.65. The van der Waals surface area contributed by atoms with Gasteiger partial charge in [-0.2, -0.15) is 0 Å². The second-order valence-corrected chi connectivity index (χ2v) is 8.33. The maximum Gasteiger partial charge on any atom is 0.306 e. The molecule has 0 radical (unpaired) electrons. The summed E-state index contributed by atoms with van der Waals surface area (Å²) in [6.07, 6.45) is 17.2. The first kappa shape index (κ1) is 21.6. The lowest BCUT2D eigenvalue weighted by atomic mass is 9.87. The van der Waals surface area contributed by atoms with Crippen molar-refractivity contribution in [1.82, 2.24) is 0 Å². The number of hydrogen-bond acceptors (Lipinski definition) is 2. The van der Waals surface area contributed by atoms with E-state index in [1.165, 1.54) is 73.3 Å². The highest BCUT2D eigenvalue weighted by atomic mass is 16.5. The average molecular weight is 393 g/mol. The van der Waals surface area contributed by atoms with Crippen molar-refractivity contribution in [2.45, 2.75) is 90.6 Å². The van der Waals surface area contributed by atoms with Gasteiger partial charge >= 0.3 is 5.97 Å². The lowest BCUT2D eigenvalue weighted by Gasteiger charge is -2.23. The van der Waals surface area contributed by atoms with E-state index in [0.29, 0.717) is 6.42 Å². The van der Waals surface area contributed by atoms with Crippen LogP contribution in [0.4, 0.5) is 0 Å². The molecule has 0 fully saturated rings. The molecule has 0 heterocycles. The summed E-state index contributed by atoms with van der Waals surface area (Å²) in [6, 6.07) is 10.9. The normalized spacial score (nSPS) is 15.0. The number of unbranched alkanes of at least 4 members (excludes halogenated alkanes) is 7. The van der Waals surface area contributed by atoms with Gasteiger partial charge in [0, 0.05) is 12.0 Å². The summed E-state index contributed by atoms with van der Waals surface area (Å²) < 4.78 is 5.75. The maximum absolute atomic E-state index is 12.0. The maximum atomic E-state index is 12.0. The Morgan fingerprint density at radius 2 is 1.66 bits per heavy atom. The van der Waals surface area contributed by atoms with Gasteiger partial charge in [0.05, 0.1) is 0 Å². The third-order valence-electron chi connectivity index (χ3n) is 5.96. The highest BCUT2D eigenvalue weighted by Crippen LogP contribution is 2.37. The number of ether oxygens (including phenoxy) is 1. The van der Waals surface area contributed by atoms with Crippen LogP contribution in [0.15, 0.2) is 36.4 Å². The Morgan fingerprint density at radius 3 is 2.41 bits per heavy atom. The standard InChI is InChI=1S/C27H36O2/c1-3-5-6-7-8-9-10-11-14-21-17-18-22-15-12-16-24-25(29-26(28)13-4-2)20-19-23(21)27(22)24/h12,15-20,25H,3-11,13-14H2,1-2H3. The minimum atomic E-state index is -0.261. The van der Waals surface area contributed by atoms with Crippen molar-refractivity contribution in [2.24, 2.45) is 0 Å². The fourth-order valence-corrected chi connectivity index (χ4v) is 4.37. The van der Waals surface area contributed by atoms with Crippen LogP contribution in [0.5, 0.6) is 0 Å². The molecule has 2 heteroatoms. The molecule has 0 aromatic heterocycles. The van der Waals surface area contributed by atoms with E-state index >= 15 is 0 Å². The van der Waals surface area contributed by atoms with Crippen LogP contribution in [-0.4, -0.2) is 5.97 Å². The molecule has 1 aliphatic rings. The predicted molar refractivity (Wildman–Crippen MR) is 123 cm³/mol. The summed E-state index contributed by atoms with van der Waals surface area (Å²) in [5.74, 6) is -0.113. The molecule has 0 saturated heterocycles. The van der Waals surface area contributed by atoms with E-state index in [-0.39, 0.29) is 12.1 Å². The summed E-state index contributed by atoms with van der Waals surface area (Å²) in [6.45, 7) is 4.28. The average Bonchev–Trinajstić information content (AvgIpc) is 2.73. The highest BCUT2D eigenvalue weighted by Gasteiger charge is 2.22. The van der Waals surface area contributed by atoms with Crippen LogP contribution < -0.4 is 0 Å². The fraction of sp³-hybridized carbons (Fsp3) is 0.519. The van der Waals surface area contributed by atoms with Crippen LogP contribution in [0, 0.1) is 0 Å². The number of carbonyl (C=O) groups excluding carboxylic acids is 1. The van der Waals surface area contributed by atoms with Crippen molar-refractivity contribution >= 4 is 22.8 Å². The lowest BCUT2D eigenvalue weighted by molar-refractivity contribution is -0.147. The Morgan fingerprint density at radius 1 is 0.897 bits per heavy atom. The van der Waals surface area contributed by atoms with Gasteiger partial charge in [-0.1, -0.05) is 95.2 Å². The number of benzene rings is 2. The van der Waals surface area contributed by atoms with Gasteiger partial charge in [0.2, 0.25) is 0 Å². The second-order valence-electron chi connectivity index (χ2n) is 8.33. The van der Waals surface area contributed by atoms with Crippen molar-refractivity contribution in [3.05, 3.63) is 53.1 Å². The summed E-state index contributed by atoms with van der Waals surface area (Å²) in [5, 5.41) is 2.50. The quantitative estimate of drug-likeness (QED) is 0.271. The molecule has 1 aliphatic carbocycles. The molecule has 3 rings (SSSR count). The zero-order chi connectivity index (χ0) is 20.5. The summed E-state index contributed by atoms with van der Waals surface area (Å²) in [4.78, 5) is 12.0. The van der Waals surface area contributed by atoms with E-state index in [9.17, 15) is 4.79 Å². The van der Waals surface area contributed by atoms with Crippen LogP contribution in [0.2, 0.25) is 0 Å². The Hall–Kier alpha value is -2.09. The zero-order valence-corrected chi connectivity index (χ0v) is 18.2. The molecule has 0 saturated carbocycles. The SMILES string of the molecule is CCCCCCCCCCc1ccc2cccc3c2c1C=CC3OC(=O)CCC. The first-order valence-electron chi connectivity index (χ1n) is 11.7. The van der Waals surface area contributed by atoms with E-state index in [0.717, 1.165) is 18.4 Å². The van der Waals surface area contributed by atoms with E-state index in [1.54, 1.807) is 0 Å². The fourth-order valence-electron chi connectivity index (χ4n) is 4.37. The molecule has 2 aromatic carbocycles. The van der Waals surface area contributed by atoms with Gasteiger partial charge in [-0.05, 0) is 47.2 Å². The number of hydrogen-bond donors (Lipinski definition) is 0. The Labute approximate surface area is 176 Å². The van der Waals surface area contributed by atoms with Gasteiger partial charge in [-0.3, -0.25) is 4.79 Å². The zero-order valence-electron chi connectivity index (χ0n) is 18.2. The molecule has 0 aliphatic heterocycles.